The molecule has 0 atom stereocenters. The number of nitrogens with zero attached hydrogens (tertiary/aromatic N) is 2. The normalized spacial score (nSPS) is 10.5. The van der Waals surface area contributed by atoms with Gasteiger partial charge in [-0.3, -0.25) is 14.5 Å². The molecule has 0 fully saturated rings. The zero-order valence-corrected chi connectivity index (χ0v) is 13.2. The smallest absolute Gasteiger partial charge is 0.238 e. The first-order valence-corrected chi connectivity index (χ1v) is 6.72. The van der Waals surface area contributed by atoms with E-state index >= 15 is 0 Å². The van der Waals surface area contributed by atoms with Crippen molar-refractivity contribution in [3.05, 3.63) is 28.5 Å². The van der Waals surface area contributed by atoms with Crippen LogP contribution in [0.5, 0.6) is 0 Å². The molecule has 1 N–H and O–H groups in total. The van der Waals surface area contributed by atoms with Gasteiger partial charge in [0.2, 0.25) is 11.8 Å². The Balaban J connectivity index is 2.53. The van der Waals surface area contributed by atoms with Crippen LogP contribution >= 0.6 is 15.9 Å². The summed E-state index contributed by atoms with van der Waals surface area (Å²) < 4.78 is 14.1. The van der Waals surface area contributed by atoms with Crippen LogP contribution in [0, 0.1) is 5.82 Å². The first-order valence-electron chi connectivity index (χ1n) is 5.93. The maximum Gasteiger partial charge on any atom is 0.238 e. The predicted octanol–water partition coefficient (Wildman–Crippen LogP) is 1.55. The van der Waals surface area contributed by atoms with Crippen LogP contribution in [0.2, 0.25) is 0 Å². The number of benzene rings is 1. The van der Waals surface area contributed by atoms with Crippen LogP contribution in [0.1, 0.15) is 0 Å². The fraction of sp³-hybridized carbons (Fsp3) is 0.385. The molecule has 0 spiro atoms. The quantitative estimate of drug-likeness (QED) is 0.880. The lowest BCUT2D eigenvalue weighted by Gasteiger charge is -2.18. The summed E-state index contributed by atoms with van der Waals surface area (Å²) in [5.74, 6) is -0.991. The maximum atomic E-state index is 13.5. The molecule has 0 bridgehead atoms. The zero-order valence-electron chi connectivity index (χ0n) is 11.6. The van der Waals surface area contributed by atoms with Gasteiger partial charge in [0.1, 0.15) is 5.82 Å². The second kappa shape index (κ2) is 7.35. The number of nitrogens with one attached hydrogen (secondary N) is 1. The third kappa shape index (κ3) is 5.26. The number of hydrogen-bond donors (Lipinski definition) is 1. The Morgan fingerprint density at radius 1 is 1.25 bits per heavy atom. The molecule has 1 aromatic rings. The number of rotatable bonds is 5. The average Bonchev–Trinajstić information content (AvgIpc) is 2.32. The molecule has 1 aromatic carbocycles. The number of carbonyl (C=O) groups is 2. The molecule has 110 valence electrons. The van der Waals surface area contributed by atoms with Crippen molar-refractivity contribution in [1.29, 1.82) is 0 Å². The van der Waals surface area contributed by atoms with Gasteiger partial charge in [-0.1, -0.05) is 15.9 Å². The molecule has 0 aliphatic heterocycles. The van der Waals surface area contributed by atoms with Crippen LogP contribution < -0.4 is 5.32 Å². The van der Waals surface area contributed by atoms with Gasteiger partial charge in [0.15, 0.2) is 0 Å². The van der Waals surface area contributed by atoms with Crippen LogP contribution in [0.4, 0.5) is 10.1 Å². The van der Waals surface area contributed by atoms with Crippen LogP contribution in [-0.2, 0) is 9.59 Å². The molecule has 0 radical (unpaired) electrons. The van der Waals surface area contributed by atoms with E-state index in [0.29, 0.717) is 4.47 Å². The van der Waals surface area contributed by atoms with Gasteiger partial charge in [-0.2, -0.15) is 0 Å². The fourth-order valence-electron chi connectivity index (χ4n) is 1.45. The number of hydrogen-bond acceptors (Lipinski definition) is 3. The second-order valence-electron chi connectivity index (χ2n) is 4.63. The molecule has 0 aromatic heterocycles. The molecule has 0 unspecified atom stereocenters. The number of likely N-dealkylation sites (N-methyl/N-ethyl adjacent to an activating group) is 2. The summed E-state index contributed by atoms with van der Waals surface area (Å²) >= 11 is 3.14. The molecule has 0 saturated carbocycles. The monoisotopic (exact) mass is 345 g/mol. The summed E-state index contributed by atoms with van der Waals surface area (Å²) in [4.78, 5) is 26.2. The van der Waals surface area contributed by atoms with Crippen LogP contribution in [0.25, 0.3) is 0 Å². The van der Waals surface area contributed by atoms with E-state index in [0.717, 1.165) is 0 Å². The highest BCUT2D eigenvalue weighted by atomic mass is 79.9. The van der Waals surface area contributed by atoms with Crippen molar-refractivity contribution in [3.63, 3.8) is 0 Å². The minimum atomic E-state index is -0.514. The summed E-state index contributed by atoms with van der Waals surface area (Å²) in [5, 5.41) is 2.47. The zero-order chi connectivity index (χ0) is 15.3. The third-order valence-corrected chi connectivity index (χ3v) is 3.02. The largest absolute Gasteiger partial charge is 0.348 e. The van der Waals surface area contributed by atoms with Gasteiger partial charge in [0.25, 0.3) is 0 Å². The Bertz CT molecular complexity index is 508. The average molecular weight is 346 g/mol. The number of amides is 2. The molecule has 1 rings (SSSR count). The van der Waals surface area contributed by atoms with E-state index < -0.39 is 5.82 Å². The van der Waals surface area contributed by atoms with Crippen molar-refractivity contribution < 1.29 is 14.0 Å². The van der Waals surface area contributed by atoms with Crippen molar-refractivity contribution in [2.75, 3.05) is 39.5 Å². The molecule has 7 heteroatoms. The third-order valence-electron chi connectivity index (χ3n) is 2.52. The molecule has 0 aliphatic carbocycles. The van der Waals surface area contributed by atoms with E-state index in [1.54, 1.807) is 32.1 Å². The van der Waals surface area contributed by atoms with Crippen LogP contribution in [-0.4, -0.2) is 55.8 Å². The maximum absolute atomic E-state index is 13.5. The summed E-state index contributed by atoms with van der Waals surface area (Å²) in [6.45, 7) is 0.137. The van der Waals surface area contributed by atoms with Crippen LogP contribution in [0.3, 0.4) is 0 Å². The number of halogens is 2. The summed E-state index contributed by atoms with van der Waals surface area (Å²) in [6.07, 6.45) is 0. The van der Waals surface area contributed by atoms with E-state index in [2.05, 4.69) is 21.2 Å². The molecule has 0 heterocycles. The van der Waals surface area contributed by atoms with Crippen molar-refractivity contribution in [3.8, 4) is 0 Å². The Kier molecular flexibility index (Phi) is 6.09. The number of carbonyl (C=O) groups excluding carboxylic acids is 2. The van der Waals surface area contributed by atoms with E-state index in [1.807, 2.05) is 0 Å². The topological polar surface area (TPSA) is 52.7 Å². The molecule has 2 amide bonds. The van der Waals surface area contributed by atoms with E-state index in [9.17, 15) is 14.0 Å². The minimum Gasteiger partial charge on any atom is -0.348 e. The summed E-state index contributed by atoms with van der Waals surface area (Å²) in [7, 11) is 4.94. The summed E-state index contributed by atoms with van der Waals surface area (Å²) in [5.41, 5.74) is 0.116. The molecule has 20 heavy (non-hydrogen) atoms. The Hall–Kier alpha value is -1.47. The lowest BCUT2D eigenvalue weighted by atomic mass is 10.3. The fourth-order valence-corrected chi connectivity index (χ4v) is 1.79. The highest BCUT2D eigenvalue weighted by Gasteiger charge is 2.13. The Labute approximate surface area is 125 Å². The van der Waals surface area contributed by atoms with Gasteiger partial charge < -0.3 is 10.2 Å². The lowest BCUT2D eigenvalue weighted by Crippen LogP contribution is -2.38. The van der Waals surface area contributed by atoms with Crippen LogP contribution in [0.15, 0.2) is 22.7 Å². The highest BCUT2D eigenvalue weighted by molar-refractivity contribution is 9.10. The molecule has 0 aliphatic rings. The second-order valence-corrected chi connectivity index (χ2v) is 5.55. The van der Waals surface area contributed by atoms with E-state index in [1.165, 1.54) is 17.0 Å². The predicted molar refractivity (Wildman–Crippen MR) is 78.9 cm³/mol. The molecule has 5 nitrogen and oxygen atoms in total. The standard InChI is InChI=1S/C13H17BrFN3O2/c1-17(2)13(20)8-18(3)7-12(19)16-11-5-4-9(14)6-10(11)15/h4-6H,7-8H2,1-3H3,(H,16,19). The summed E-state index contributed by atoms with van der Waals surface area (Å²) in [6, 6.07) is 4.38. The number of anilines is 1. The van der Waals surface area contributed by atoms with Gasteiger partial charge >= 0.3 is 0 Å². The first-order chi connectivity index (χ1) is 9.29. The van der Waals surface area contributed by atoms with Gasteiger partial charge in [0.05, 0.1) is 18.8 Å². The molecule has 0 saturated heterocycles. The Morgan fingerprint density at radius 2 is 1.90 bits per heavy atom. The SMILES string of the molecule is CN(CC(=O)Nc1ccc(Br)cc1F)CC(=O)N(C)C. The lowest BCUT2D eigenvalue weighted by molar-refractivity contribution is -0.130. The minimum absolute atomic E-state index is 0.00901. The van der Waals surface area contributed by atoms with Crippen molar-refractivity contribution in [1.82, 2.24) is 9.80 Å². The van der Waals surface area contributed by atoms with Crippen molar-refractivity contribution >= 4 is 33.4 Å². The van der Waals surface area contributed by atoms with Crippen molar-refractivity contribution in [2.45, 2.75) is 0 Å². The van der Waals surface area contributed by atoms with Gasteiger partial charge in [-0.25, -0.2) is 4.39 Å². The van der Waals surface area contributed by atoms with Gasteiger partial charge in [-0.05, 0) is 25.2 Å². The van der Waals surface area contributed by atoms with Crippen molar-refractivity contribution in [2.24, 2.45) is 0 Å². The van der Waals surface area contributed by atoms with Gasteiger partial charge in [0, 0.05) is 18.6 Å². The van der Waals surface area contributed by atoms with E-state index in [-0.39, 0.29) is 30.6 Å². The first kappa shape index (κ1) is 16.6. The van der Waals surface area contributed by atoms with Gasteiger partial charge in [-0.15, -0.1) is 0 Å². The molecular formula is C13H17BrFN3O2. The highest BCUT2D eigenvalue weighted by Crippen LogP contribution is 2.19. The van der Waals surface area contributed by atoms with E-state index in [4.69, 9.17) is 0 Å². The Morgan fingerprint density at radius 3 is 2.45 bits per heavy atom. The molecular weight excluding hydrogens is 329 g/mol.